The topological polar surface area (TPSA) is 59.6 Å². The first kappa shape index (κ1) is 13.4. The molecule has 1 aliphatic heterocycles. The van der Waals surface area contributed by atoms with Gasteiger partial charge >= 0.3 is 0 Å². The van der Waals surface area contributed by atoms with E-state index in [2.05, 4.69) is 35.0 Å². The molecule has 0 saturated heterocycles. The number of benzene rings is 1. The van der Waals surface area contributed by atoms with E-state index in [-0.39, 0.29) is 5.92 Å². The number of thiophene rings is 1. The lowest BCUT2D eigenvalue weighted by atomic mass is 9.81. The summed E-state index contributed by atoms with van der Waals surface area (Å²) >= 11 is 1.65. The molecule has 21 heavy (non-hydrogen) atoms. The predicted molar refractivity (Wildman–Crippen MR) is 84.3 cm³/mol. The van der Waals surface area contributed by atoms with Crippen LogP contribution in [0.1, 0.15) is 25.3 Å². The molecule has 3 nitrogen and oxygen atoms in total. The second-order valence-corrected chi connectivity index (χ2v) is 5.96. The fourth-order valence-electron chi connectivity index (χ4n) is 2.82. The summed E-state index contributed by atoms with van der Waals surface area (Å²) < 4.78 is 1.18. The molecule has 2 heterocycles. The zero-order chi connectivity index (χ0) is 15.0. The maximum atomic E-state index is 9.53. The number of hydrogen-bond donors (Lipinski definition) is 1. The predicted octanol–water partition coefficient (Wildman–Crippen LogP) is 4.18. The molecule has 0 aliphatic carbocycles. The van der Waals surface area contributed by atoms with E-state index in [1.54, 1.807) is 11.3 Å². The van der Waals surface area contributed by atoms with Crippen molar-refractivity contribution in [2.45, 2.75) is 19.8 Å². The van der Waals surface area contributed by atoms with Gasteiger partial charge in [0.2, 0.25) is 0 Å². The van der Waals surface area contributed by atoms with E-state index in [0.717, 1.165) is 22.3 Å². The van der Waals surface area contributed by atoms with Crippen molar-refractivity contribution in [3.63, 3.8) is 0 Å². The van der Waals surface area contributed by atoms with E-state index < -0.39 is 0 Å². The molecular formula is C17H13N3S. The average molecular weight is 291 g/mol. The molecule has 0 bridgehead atoms. The molecule has 0 atom stereocenters. The number of nitriles is 2. The SMILES string of the molecule is CC1=C(C#N)C(c2csc3ccccc23)C(C#N)=C(C)N1. The summed E-state index contributed by atoms with van der Waals surface area (Å²) in [7, 11) is 0. The van der Waals surface area contributed by atoms with Gasteiger partial charge in [-0.25, -0.2) is 0 Å². The van der Waals surface area contributed by atoms with Gasteiger partial charge in [-0.2, -0.15) is 10.5 Å². The Hall–Kier alpha value is -2.56. The van der Waals surface area contributed by atoms with Gasteiger partial charge in [0, 0.05) is 16.1 Å². The zero-order valence-electron chi connectivity index (χ0n) is 11.8. The Bertz CT molecular complexity index is 835. The normalized spacial score (nSPS) is 15.8. The third-order valence-electron chi connectivity index (χ3n) is 3.82. The second-order valence-electron chi connectivity index (χ2n) is 5.05. The molecule has 0 radical (unpaired) electrons. The monoisotopic (exact) mass is 291 g/mol. The van der Waals surface area contributed by atoms with Gasteiger partial charge in [-0.05, 0) is 36.2 Å². The molecule has 102 valence electrons. The first-order chi connectivity index (χ1) is 10.2. The number of nitrogens with zero attached hydrogens (tertiary/aromatic N) is 2. The van der Waals surface area contributed by atoms with Gasteiger partial charge < -0.3 is 5.32 Å². The molecule has 0 amide bonds. The van der Waals surface area contributed by atoms with Gasteiger partial charge in [0.25, 0.3) is 0 Å². The first-order valence-electron chi connectivity index (χ1n) is 6.62. The maximum absolute atomic E-state index is 9.53. The Balaban J connectivity index is 2.29. The summed E-state index contributed by atoms with van der Waals surface area (Å²) in [6.45, 7) is 3.77. The minimum Gasteiger partial charge on any atom is -0.361 e. The number of hydrogen-bond acceptors (Lipinski definition) is 4. The Morgan fingerprint density at radius 1 is 1.05 bits per heavy atom. The molecular weight excluding hydrogens is 278 g/mol. The van der Waals surface area contributed by atoms with Crippen LogP contribution in [0.2, 0.25) is 0 Å². The Morgan fingerprint density at radius 3 is 2.29 bits per heavy atom. The highest BCUT2D eigenvalue weighted by molar-refractivity contribution is 7.17. The lowest BCUT2D eigenvalue weighted by molar-refractivity contribution is 0.819. The molecule has 0 saturated carbocycles. The van der Waals surface area contributed by atoms with Crippen LogP contribution >= 0.6 is 11.3 Å². The summed E-state index contributed by atoms with van der Waals surface area (Å²) in [5.41, 5.74) is 3.95. The van der Waals surface area contributed by atoms with Crippen LogP contribution in [-0.2, 0) is 0 Å². The third-order valence-corrected chi connectivity index (χ3v) is 4.80. The molecule has 1 aliphatic rings. The summed E-state index contributed by atoms with van der Waals surface area (Å²) in [6, 6.07) is 12.7. The van der Waals surface area contributed by atoms with Crippen molar-refractivity contribution in [2.75, 3.05) is 0 Å². The molecule has 3 rings (SSSR count). The Kier molecular flexibility index (Phi) is 3.25. The highest BCUT2D eigenvalue weighted by atomic mass is 32.1. The standard InChI is InChI=1S/C17H13N3S/c1-10-13(7-18)17(14(8-19)11(2)20-10)15-9-21-16-6-4-3-5-12(15)16/h3-6,9,17,20H,1-2H3. The van der Waals surface area contributed by atoms with Crippen molar-refractivity contribution in [2.24, 2.45) is 0 Å². The van der Waals surface area contributed by atoms with Crippen LogP contribution in [-0.4, -0.2) is 0 Å². The quantitative estimate of drug-likeness (QED) is 0.857. The van der Waals surface area contributed by atoms with Gasteiger partial charge in [-0.15, -0.1) is 11.3 Å². The molecule has 1 N–H and O–H groups in total. The number of rotatable bonds is 1. The van der Waals surface area contributed by atoms with E-state index in [9.17, 15) is 10.5 Å². The van der Waals surface area contributed by atoms with Crippen molar-refractivity contribution in [3.05, 3.63) is 57.7 Å². The Morgan fingerprint density at radius 2 is 1.67 bits per heavy atom. The maximum Gasteiger partial charge on any atom is 0.0975 e. The summed E-state index contributed by atoms with van der Waals surface area (Å²) in [5.74, 6) is -0.266. The van der Waals surface area contributed by atoms with Crippen LogP contribution in [0.4, 0.5) is 0 Å². The number of allylic oxidation sites excluding steroid dienone is 4. The van der Waals surface area contributed by atoms with E-state index in [1.165, 1.54) is 4.70 Å². The fraction of sp³-hybridized carbons (Fsp3) is 0.176. The molecule has 2 aromatic rings. The van der Waals surface area contributed by atoms with Crippen molar-refractivity contribution in [1.82, 2.24) is 5.32 Å². The van der Waals surface area contributed by atoms with E-state index in [4.69, 9.17) is 0 Å². The fourth-order valence-corrected chi connectivity index (χ4v) is 3.81. The molecule has 0 fully saturated rings. The van der Waals surface area contributed by atoms with Crippen molar-refractivity contribution in [3.8, 4) is 12.1 Å². The van der Waals surface area contributed by atoms with Crippen LogP contribution in [0, 0.1) is 22.7 Å². The van der Waals surface area contributed by atoms with Crippen molar-refractivity contribution in [1.29, 1.82) is 10.5 Å². The van der Waals surface area contributed by atoms with Crippen LogP contribution in [0.15, 0.2) is 52.2 Å². The second kappa shape index (κ2) is 5.09. The molecule has 4 heteroatoms. The smallest absolute Gasteiger partial charge is 0.0975 e. The summed E-state index contributed by atoms with van der Waals surface area (Å²) in [5, 5.41) is 25.4. The first-order valence-corrected chi connectivity index (χ1v) is 7.50. The Labute approximate surface area is 127 Å². The van der Waals surface area contributed by atoms with Crippen LogP contribution in [0.3, 0.4) is 0 Å². The number of nitrogens with one attached hydrogen (secondary N) is 1. The number of dihydropyridines is 1. The minimum atomic E-state index is -0.266. The van der Waals surface area contributed by atoms with E-state index in [1.807, 2.05) is 26.0 Å². The lowest BCUT2D eigenvalue weighted by Crippen LogP contribution is -2.23. The average Bonchev–Trinajstić information content (AvgIpc) is 2.90. The molecule has 1 aromatic carbocycles. The third kappa shape index (κ3) is 2.01. The highest BCUT2D eigenvalue weighted by Gasteiger charge is 2.30. The largest absolute Gasteiger partial charge is 0.361 e. The van der Waals surface area contributed by atoms with Crippen LogP contribution < -0.4 is 5.32 Å². The van der Waals surface area contributed by atoms with Crippen LogP contribution in [0.25, 0.3) is 10.1 Å². The highest BCUT2D eigenvalue weighted by Crippen LogP contribution is 2.42. The van der Waals surface area contributed by atoms with Gasteiger partial charge in [0.05, 0.1) is 29.2 Å². The van der Waals surface area contributed by atoms with E-state index in [0.29, 0.717) is 11.1 Å². The lowest BCUT2D eigenvalue weighted by Gasteiger charge is -2.25. The summed E-state index contributed by atoms with van der Waals surface area (Å²) in [6.07, 6.45) is 0. The van der Waals surface area contributed by atoms with Crippen molar-refractivity contribution >= 4 is 21.4 Å². The van der Waals surface area contributed by atoms with Gasteiger partial charge in [0.1, 0.15) is 0 Å². The zero-order valence-corrected chi connectivity index (χ0v) is 12.6. The number of fused-ring (bicyclic) bond motifs is 1. The molecule has 1 aromatic heterocycles. The van der Waals surface area contributed by atoms with Crippen molar-refractivity contribution < 1.29 is 0 Å². The molecule has 0 spiro atoms. The van der Waals surface area contributed by atoms with Gasteiger partial charge in [-0.1, -0.05) is 18.2 Å². The van der Waals surface area contributed by atoms with E-state index >= 15 is 0 Å². The minimum absolute atomic E-state index is 0.266. The molecule has 0 unspecified atom stereocenters. The summed E-state index contributed by atoms with van der Waals surface area (Å²) in [4.78, 5) is 0. The van der Waals surface area contributed by atoms with Gasteiger partial charge in [0.15, 0.2) is 0 Å². The van der Waals surface area contributed by atoms with Gasteiger partial charge in [-0.3, -0.25) is 0 Å². The van der Waals surface area contributed by atoms with Crippen LogP contribution in [0.5, 0.6) is 0 Å².